The third kappa shape index (κ3) is 3.52. The maximum absolute atomic E-state index is 5.68. The average molecular weight is 265 g/mol. The fourth-order valence-electron chi connectivity index (χ4n) is 1.56. The lowest BCUT2D eigenvalue weighted by Gasteiger charge is -2.13. The quantitative estimate of drug-likeness (QED) is 0.844. The van der Waals surface area contributed by atoms with Crippen LogP contribution in [-0.4, -0.2) is 15.9 Å². The molecular formula is C12H15N3S2. The van der Waals surface area contributed by atoms with Crippen LogP contribution in [0.1, 0.15) is 23.1 Å². The number of benzene rings is 1. The van der Waals surface area contributed by atoms with Crippen LogP contribution in [0, 0.1) is 6.92 Å². The normalized spacial score (nSPS) is 12.6. The zero-order chi connectivity index (χ0) is 12.1. The topological polar surface area (TPSA) is 51.8 Å². The minimum Gasteiger partial charge on any atom is -0.330 e. The summed E-state index contributed by atoms with van der Waals surface area (Å²) in [6.45, 7) is 2.60. The van der Waals surface area contributed by atoms with E-state index in [2.05, 4.69) is 33.6 Å². The first-order valence-corrected chi connectivity index (χ1v) is 7.17. The minimum absolute atomic E-state index is 0.369. The monoisotopic (exact) mass is 265 g/mol. The number of nitrogens with two attached hydrogens (primary N) is 1. The van der Waals surface area contributed by atoms with Gasteiger partial charge in [0, 0.05) is 5.25 Å². The maximum atomic E-state index is 5.68. The van der Waals surface area contributed by atoms with E-state index in [1.54, 1.807) is 11.8 Å². The van der Waals surface area contributed by atoms with Crippen LogP contribution in [0.25, 0.3) is 0 Å². The number of hydrogen-bond acceptors (Lipinski definition) is 5. The molecule has 1 unspecified atom stereocenters. The van der Waals surface area contributed by atoms with Gasteiger partial charge in [0.25, 0.3) is 0 Å². The van der Waals surface area contributed by atoms with Crippen molar-refractivity contribution in [3.63, 3.8) is 0 Å². The predicted molar refractivity (Wildman–Crippen MR) is 73.4 cm³/mol. The van der Waals surface area contributed by atoms with Gasteiger partial charge in [-0.1, -0.05) is 42.1 Å². The second-order valence-corrected chi connectivity index (χ2v) is 5.90. The summed E-state index contributed by atoms with van der Waals surface area (Å²) in [5, 5.41) is 0.369. The highest BCUT2D eigenvalue weighted by Gasteiger charge is 2.14. The molecule has 2 rings (SSSR count). The van der Waals surface area contributed by atoms with E-state index >= 15 is 0 Å². The summed E-state index contributed by atoms with van der Waals surface area (Å²) in [6.07, 6.45) is 0.952. The second kappa shape index (κ2) is 6.14. The molecule has 0 saturated heterocycles. The Bertz CT molecular complexity index is 456. The Morgan fingerprint density at radius 2 is 2.12 bits per heavy atom. The molecule has 0 saturated carbocycles. The lowest BCUT2D eigenvalue weighted by molar-refractivity contribution is 0.813. The summed E-state index contributed by atoms with van der Waals surface area (Å²) in [5.74, 6) is 0.845. The first-order chi connectivity index (χ1) is 8.29. The van der Waals surface area contributed by atoms with Crippen LogP contribution < -0.4 is 5.73 Å². The number of rotatable bonds is 5. The molecule has 0 aliphatic rings. The van der Waals surface area contributed by atoms with Crippen LogP contribution in [0.3, 0.4) is 0 Å². The van der Waals surface area contributed by atoms with Gasteiger partial charge in [0.2, 0.25) is 0 Å². The van der Waals surface area contributed by atoms with E-state index in [1.807, 2.05) is 13.0 Å². The van der Waals surface area contributed by atoms with Crippen molar-refractivity contribution >= 4 is 23.3 Å². The van der Waals surface area contributed by atoms with Crippen LogP contribution in [-0.2, 0) is 0 Å². The van der Waals surface area contributed by atoms with Crippen molar-refractivity contribution < 1.29 is 0 Å². The van der Waals surface area contributed by atoms with Crippen molar-refractivity contribution in [2.45, 2.75) is 22.9 Å². The molecule has 17 heavy (non-hydrogen) atoms. The van der Waals surface area contributed by atoms with E-state index in [1.165, 1.54) is 17.1 Å². The molecule has 1 heterocycles. The molecule has 0 aliphatic heterocycles. The molecule has 0 bridgehead atoms. The van der Waals surface area contributed by atoms with Crippen molar-refractivity contribution in [1.82, 2.24) is 9.36 Å². The second-order valence-electron chi connectivity index (χ2n) is 3.70. The Labute approximate surface area is 110 Å². The Morgan fingerprint density at radius 1 is 1.35 bits per heavy atom. The molecular weight excluding hydrogens is 250 g/mol. The van der Waals surface area contributed by atoms with Crippen molar-refractivity contribution in [3.05, 3.63) is 41.7 Å². The van der Waals surface area contributed by atoms with Gasteiger partial charge in [-0.05, 0) is 37.0 Å². The van der Waals surface area contributed by atoms with Gasteiger partial charge in [0.1, 0.15) is 5.82 Å². The van der Waals surface area contributed by atoms with E-state index in [-0.39, 0.29) is 0 Å². The molecule has 0 radical (unpaired) electrons. The van der Waals surface area contributed by atoms with E-state index in [4.69, 9.17) is 5.73 Å². The fourth-order valence-corrected chi connectivity index (χ4v) is 3.59. The fraction of sp³-hybridized carbons (Fsp3) is 0.333. The lowest BCUT2D eigenvalue weighted by atomic mass is 10.1. The first kappa shape index (κ1) is 12.5. The molecule has 0 amide bonds. The lowest BCUT2D eigenvalue weighted by Crippen LogP contribution is -2.04. The van der Waals surface area contributed by atoms with Crippen molar-refractivity contribution in [1.29, 1.82) is 0 Å². The van der Waals surface area contributed by atoms with Crippen LogP contribution in [0.2, 0.25) is 0 Å². The van der Waals surface area contributed by atoms with Crippen LogP contribution in [0.5, 0.6) is 0 Å². The van der Waals surface area contributed by atoms with Crippen LogP contribution >= 0.6 is 23.3 Å². The SMILES string of the molecule is Cc1nsc(SC(CCN)c2ccccc2)n1. The predicted octanol–water partition coefficient (Wildman–Crippen LogP) is 3.03. The molecule has 0 spiro atoms. The Kier molecular flexibility index (Phi) is 4.53. The van der Waals surface area contributed by atoms with E-state index in [0.29, 0.717) is 11.8 Å². The zero-order valence-corrected chi connectivity index (χ0v) is 11.3. The Hall–Kier alpha value is -0.910. The van der Waals surface area contributed by atoms with E-state index < -0.39 is 0 Å². The summed E-state index contributed by atoms with van der Waals surface area (Å²) in [7, 11) is 0. The number of nitrogens with zero attached hydrogens (tertiary/aromatic N) is 2. The van der Waals surface area contributed by atoms with Crippen molar-refractivity contribution in [3.8, 4) is 0 Å². The number of aromatic nitrogens is 2. The minimum atomic E-state index is 0.369. The van der Waals surface area contributed by atoms with Crippen LogP contribution in [0.15, 0.2) is 34.7 Å². The molecule has 2 aromatic rings. The van der Waals surface area contributed by atoms with Gasteiger partial charge in [0.05, 0.1) is 0 Å². The molecule has 90 valence electrons. The maximum Gasteiger partial charge on any atom is 0.170 e. The van der Waals surface area contributed by atoms with Gasteiger partial charge in [0.15, 0.2) is 4.34 Å². The molecule has 3 nitrogen and oxygen atoms in total. The summed E-state index contributed by atoms with van der Waals surface area (Å²) < 4.78 is 5.22. The highest BCUT2D eigenvalue weighted by Crippen LogP contribution is 2.37. The summed E-state index contributed by atoms with van der Waals surface area (Å²) in [5.41, 5.74) is 6.98. The summed E-state index contributed by atoms with van der Waals surface area (Å²) in [4.78, 5) is 4.39. The largest absolute Gasteiger partial charge is 0.330 e. The number of hydrogen-bond donors (Lipinski definition) is 1. The highest BCUT2D eigenvalue weighted by molar-refractivity contribution is 8.01. The Balaban J connectivity index is 2.13. The molecule has 0 fully saturated rings. The first-order valence-electron chi connectivity index (χ1n) is 5.51. The van der Waals surface area contributed by atoms with Gasteiger partial charge in [-0.15, -0.1) is 0 Å². The van der Waals surface area contributed by atoms with Crippen molar-refractivity contribution in [2.24, 2.45) is 5.73 Å². The molecule has 1 aromatic heterocycles. The zero-order valence-electron chi connectivity index (χ0n) is 9.67. The molecule has 2 N–H and O–H groups in total. The summed E-state index contributed by atoms with van der Waals surface area (Å²) in [6, 6.07) is 10.4. The van der Waals surface area contributed by atoms with E-state index in [9.17, 15) is 0 Å². The van der Waals surface area contributed by atoms with Gasteiger partial charge in [-0.3, -0.25) is 0 Å². The molecule has 5 heteroatoms. The highest BCUT2D eigenvalue weighted by atomic mass is 32.2. The molecule has 0 aliphatic carbocycles. The van der Waals surface area contributed by atoms with Gasteiger partial charge in [-0.25, -0.2) is 4.98 Å². The standard InChI is InChI=1S/C12H15N3S2/c1-9-14-12(17-15-9)16-11(7-8-13)10-5-3-2-4-6-10/h2-6,11H,7-8,13H2,1H3. The van der Waals surface area contributed by atoms with Gasteiger partial charge < -0.3 is 5.73 Å². The molecule has 1 atom stereocenters. The average Bonchev–Trinajstić information content (AvgIpc) is 2.75. The van der Waals surface area contributed by atoms with Gasteiger partial charge >= 0.3 is 0 Å². The van der Waals surface area contributed by atoms with E-state index in [0.717, 1.165) is 16.6 Å². The Morgan fingerprint density at radius 3 is 2.71 bits per heavy atom. The van der Waals surface area contributed by atoms with Crippen molar-refractivity contribution in [2.75, 3.05) is 6.54 Å². The summed E-state index contributed by atoms with van der Waals surface area (Å²) >= 11 is 3.21. The molecule has 1 aromatic carbocycles. The van der Waals surface area contributed by atoms with Crippen LogP contribution in [0.4, 0.5) is 0 Å². The third-order valence-electron chi connectivity index (χ3n) is 2.35. The number of thioether (sulfide) groups is 1. The van der Waals surface area contributed by atoms with Gasteiger partial charge in [-0.2, -0.15) is 4.37 Å². The number of aryl methyl sites for hydroxylation is 1. The third-order valence-corrected chi connectivity index (χ3v) is 4.55. The smallest absolute Gasteiger partial charge is 0.170 e.